The van der Waals surface area contributed by atoms with Crippen LogP contribution in [0.15, 0.2) is 24.3 Å². The highest BCUT2D eigenvalue weighted by atomic mass is 19.2. The molecule has 2 aliphatic rings. The summed E-state index contributed by atoms with van der Waals surface area (Å²) in [6, 6.07) is 2.72. The summed E-state index contributed by atoms with van der Waals surface area (Å²) < 4.78 is 25.7. The van der Waals surface area contributed by atoms with Gasteiger partial charge in [0, 0.05) is 0 Å². The second kappa shape index (κ2) is 2.17. The van der Waals surface area contributed by atoms with Gasteiger partial charge in [-0.05, 0) is 23.3 Å². The molecule has 66 valence electrons. The van der Waals surface area contributed by atoms with E-state index in [2.05, 4.69) is 5.32 Å². The van der Waals surface area contributed by atoms with E-state index in [0.29, 0.717) is 0 Å². The largest absolute Gasteiger partial charge is 0.296 e. The lowest BCUT2D eigenvalue weighted by molar-refractivity contribution is 0.506. The van der Waals surface area contributed by atoms with Crippen molar-refractivity contribution in [2.75, 3.05) is 0 Å². The monoisotopic (exact) mass is 179 g/mol. The average Bonchev–Trinajstić information content (AvgIpc) is 2.67. The van der Waals surface area contributed by atoms with Gasteiger partial charge in [0.15, 0.2) is 11.6 Å². The lowest BCUT2D eigenvalue weighted by atomic mass is 9.97. The molecule has 1 nitrogen and oxygen atoms in total. The van der Waals surface area contributed by atoms with E-state index in [-0.39, 0.29) is 12.1 Å². The van der Waals surface area contributed by atoms with Gasteiger partial charge in [0.1, 0.15) is 0 Å². The Morgan fingerprint density at radius 3 is 1.85 bits per heavy atom. The van der Waals surface area contributed by atoms with Gasteiger partial charge >= 0.3 is 0 Å². The van der Waals surface area contributed by atoms with Gasteiger partial charge in [0.2, 0.25) is 0 Å². The summed E-state index contributed by atoms with van der Waals surface area (Å²) in [4.78, 5) is 0. The number of benzene rings is 1. The highest BCUT2D eigenvalue weighted by molar-refractivity contribution is 5.46. The van der Waals surface area contributed by atoms with Crippen LogP contribution in [0.4, 0.5) is 8.78 Å². The molecule has 0 aliphatic carbocycles. The number of rotatable bonds is 0. The third-order valence-corrected chi connectivity index (χ3v) is 2.65. The van der Waals surface area contributed by atoms with Crippen molar-refractivity contribution in [1.82, 2.24) is 5.32 Å². The van der Waals surface area contributed by atoms with E-state index in [4.69, 9.17) is 0 Å². The smallest absolute Gasteiger partial charge is 0.159 e. The van der Waals surface area contributed by atoms with Crippen LogP contribution in [0.5, 0.6) is 0 Å². The zero-order chi connectivity index (χ0) is 9.00. The van der Waals surface area contributed by atoms with Crippen molar-refractivity contribution < 1.29 is 8.78 Å². The van der Waals surface area contributed by atoms with Crippen LogP contribution in [-0.2, 0) is 0 Å². The number of hydrogen-bond donors (Lipinski definition) is 1. The van der Waals surface area contributed by atoms with Gasteiger partial charge in [-0.25, -0.2) is 8.78 Å². The molecule has 2 unspecified atom stereocenters. The standard InChI is InChI=1S/C10H7F2N/c11-7-3-5-6(4-8(7)12)10-2-1-9(5)13-10/h1-4,9-10,13H. The Balaban J connectivity index is 2.25. The van der Waals surface area contributed by atoms with Crippen molar-refractivity contribution in [3.8, 4) is 0 Å². The molecule has 0 saturated carbocycles. The van der Waals surface area contributed by atoms with E-state index in [9.17, 15) is 8.78 Å². The third kappa shape index (κ3) is 0.823. The molecule has 0 aromatic heterocycles. The molecule has 3 rings (SSSR count). The molecule has 2 bridgehead atoms. The van der Waals surface area contributed by atoms with Crippen molar-refractivity contribution in [1.29, 1.82) is 0 Å². The van der Waals surface area contributed by atoms with Crippen molar-refractivity contribution in [2.45, 2.75) is 12.1 Å². The van der Waals surface area contributed by atoms with Gasteiger partial charge in [-0.15, -0.1) is 0 Å². The molecule has 1 aromatic carbocycles. The number of halogens is 2. The Morgan fingerprint density at radius 2 is 1.38 bits per heavy atom. The van der Waals surface area contributed by atoms with Gasteiger partial charge < -0.3 is 0 Å². The van der Waals surface area contributed by atoms with Gasteiger partial charge in [-0.3, -0.25) is 5.32 Å². The van der Waals surface area contributed by atoms with Crippen LogP contribution in [-0.4, -0.2) is 0 Å². The van der Waals surface area contributed by atoms with Crippen molar-refractivity contribution >= 4 is 0 Å². The number of nitrogens with one attached hydrogen (secondary N) is 1. The van der Waals surface area contributed by atoms with E-state index in [0.717, 1.165) is 11.1 Å². The lowest BCUT2D eigenvalue weighted by Crippen LogP contribution is -2.07. The highest BCUT2D eigenvalue weighted by Crippen LogP contribution is 2.40. The maximum Gasteiger partial charge on any atom is 0.159 e. The van der Waals surface area contributed by atoms with Crippen LogP contribution >= 0.6 is 0 Å². The van der Waals surface area contributed by atoms with Gasteiger partial charge in [-0.2, -0.15) is 0 Å². The van der Waals surface area contributed by atoms with Crippen molar-refractivity contribution in [2.24, 2.45) is 0 Å². The van der Waals surface area contributed by atoms with Gasteiger partial charge in [0.25, 0.3) is 0 Å². The molecule has 2 aliphatic heterocycles. The topological polar surface area (TPSA) is 12.0 Å². The minimum Gasteiger partial charge on any atom is -0.296 e. The van der Waals surface area contributed by atoms with E-state index in [1.807, 2.05) is 12.2 Å². The summed E-state index contributed by atoms with van der Waals surface area (Å²) in [7, 11) is 0. The fourth-order valence-corrected chi connectivity index (χ4v) is 2.03. The fraction of sp³-hybridized carbons (Fsp3) is 0.200. The molecule has 0 saturated heterocycles. The molecule has 0 spiro atoms. The predicted molar refractivity (Wildman–Crippen MR) is 44.1 cm³/mol. The first-order valence-electron chi connectivity index (χ1n) is 4.19. The summed E-state index contributed by atoms with van der Waals surface area (Å²) in [6.07, 6.45) is 3.95. The van der Waals surface area contributed by atoms with E-state index in [1.54, 1.807) is 0 Å². The Kier molecular flexibility index (Phi) is 1.21. The molecule has 2 atom stereocenters. The molecular weight excluding hydrogens is 172 g/mol. The van der Waals surface area contributed by atoms with Crippen LogP contribution in [0.1, 0.15) is 23.2 Å². The molecule has 2 heterocycles. The summed E-state index contributed by atoms with van der Waals surface area (Å²) in [5, 5.41) is 3.20. The summed E-state index contributed by atoms with van der Waals surface area (Å²) in [5.41, 5.74) is 1.73. The van der Waals surface area contributed by atoms with Crippen LogP contribution in [0.25, 0.3) is 0 Å². The van der Waals surface area contributed by atoms with E-state index < -0.39 is 11.6 Å². The zero-order valence-electron chi connectivity index (χ0n) is 6.72. The minimum atomic E-state index is -0.762. The maximum absolute atomic E-state index is 12.9. The normalized spacial score (nSPS) is 28.2. The first-order valence-corrected chi connectivity index (χ1v) is 4.19. The molecule has 1 aromatic rings. The van der Waals surface area contributed by atoms with Crippen LogP contribution in [0.3, 0.4) is 0 Å². The molecule has 3 heteroatoms. The van der Waals surface area contributed by atoms with E-state index in [1.165, 1.54) is 12.1 Å². The quantitative estimate of drug-likeness (QED) is 0.602. The predicted octanol–water partition coefficient (Wildman–Crippen LogP) is 2.22. The average molecular weight is 179 g/mol. The number of hydrogen-bond acceptors (Lipinski definition) is 1. The first-order chi connectivity index (χ1) is 6.25. The van der Waals surface area contributed by atoms with E-state index >= 15 is 0 Å². The Hall–Kier alpha value is -1.22. The van der Waals surface area contributed by atoms with Crippen LogP contribution in [0, 0.1) is 11.6 Å². The molecule has 1 N–H and O–H groups in total. The van der Waals surface area contributed by atoms with Crippen molar-refractivity contribution in [3.63, 3.8) is 0 Å². The summed E-state index contributed by atoms with van der Waals surface area (Å²) in [5.74, 6) is -1.52. The van der Waals surface area contributed by atoms with Crippen molar-refractivity contribution in [3.05, 3.63) is 47.0 Å². The Labute approximate surface area is 74.1 Å². The SMILES string of the molecule is Fc1cc2c(cc1F)C1C=CC2N1. The van der Waals surface area contributed by atoms with Crippen LogP contribution < -0.4 is 5.32 Å². The second-order valence-electron chi connectivity index (χ2n) is 3.40. The molecule has 0 fully saturated rings. The maximum atomic E-state index is 12.9. The zero-order valence-corrected chi connectivity index (χ0v) is 6.72. The molecule has 0 amide bonds. The first kappa shape index (κ1) is 7.21. The summed E-state index contributed by atoms with van der Waals surface area (Å²) in [6.45, 7) is 0. The van der Waals surface area contributed by atoms with Crippen LogP contribution in [0.2, 0.25) is 0 Å². The molecule has 13 heavy (non-hydrogen) atoms. The Bertz CT molecular complexity index is 375. The molecule has 0 radical (unpaired) electrons. The third-order valence-electron chi connectivity index (χ3n) is 2.65. The van der Waals surface area contributed by atoms with Gasteiger partial charge in [0.05, 0.1) is 12.1 Å². The fourth-order valence-electron chi connectivity index (χ4n) is 2.03. The van der Waals surface area contributed by atoms with Gasteiger partial charge in [-0.1, -0.05) is 12.2 Å². The minimum absolute atomic E-state index is 0.0788. The highest BCUT2D eigenvalue weighted by Gasteiger charge is 2.32. The Morgan fingerprint density at radius 1 is 0.923 bits per heavy atom. The number of fused-ring (bicyclic) bond motifs is 5. The second-order valence-corrected chi connectivity index (χ2v) is 3.40. The summed E-state index contributed by atoms with van der Waals surface area (Å²) >= 11 is 0. The lowest BCUT2D eigenvalue weighted by Gasteiger charge is -2.08. The molecular formula is C10H7F2N.